The summed E-state index contributed by atoms with van der Waals surface area (Å²) in [7, 11) is 1.52. The van der Waals surface area contributed by atoms with Crippen molar-refractivity contribution >= 4 is 5.91 Å². The van der Waals surface area contributed by atoms with E-state index >= 15 is 0 Å². The molecule has 2 atom stereocenters. The Kier molecular flexibility index (Phi) is 5.66. The average molecular weight is 236 g/mol. The molecule has 4 heteroatoms. The van der Waals surface area contributed by atoms with Gasteiger partial charge in [-0.1, -0.05) is 37.3 Å². The molecule has 17 heavy (non-hydrogen) atoms. The lowest BCUT2D eigenvalue weighted by atomic mass is 10.1. The summed E-state index contributed by atoms with van der Waals surface area (Å²) in [5.74, 6) is -0.150. The molecule has 0 spiro atoms. The Bertz CT molecular complexity index is 341. The maximum Gasteiger partial charge on any atom is 0.253 e. The van der Waals surface area contributed by atoms with Gasteiger partial charge in [0.15, 0.2) is 6.10 Å². The molecule has 1 rings (SSSR count). The molecule has 94 valence electrons. The lowest BCUT2D eigenvalue weighted by molar-refractivity contribution is -0.131. The van der Waals surface area contributed by atoms with Gasteiger partial charge in [0, 0.05) is 19.7 Å². The van der Waals surface area contributed by atoms with Crippen LogP contribution < -0.4 is 11.1 Å². The van der Waals surface area contributed by atoms with E-state index in [1.54, 1.807) is 0 Å². The first-order valence-electron chi connectivity index (χ1n) is 5.80. The van der Waals surface area contributed by atoms with Crippen molar-refractivity contribution in [2.45, 2.75) is 25.5 Å². The van der Waals surface area contributed by atoms with Gasteiger partial charge in [-0.25, -0.2) is 0 Å². The third-order valence-electron chi connectivity index (χ3n) is 2.64. The molecule has 0 saturated heterocycles. The summed E-state index contributed by atoms with van der Waals surface area (Å²) in [6.07, 6.45) is 0.267. The van der Waals surface area contributed by atoms with Gasteiger partial charge >= 0.3 is 0 Å². The van der Waals surface area contributed by atoms with Crippen molar-refractivity contribution in [2.24, 2.45) is 5.73 Å². The van der Waals surface area contributed by atoms with Crippen LogP contribution in [0.25, 0.3) is 0 Å². The number of methoxy groups -OCH3 is 1. The summed E-state index contributed by atoms with van der Waals surface area (Å²) >= 11 is 0. The molecule has 0 bridgehead atoms. The van der Waals surface area contributed by atoms with Crippen molar-refractivity contribution in [3.05, 3.63) is 35.9 Å². The standard InChI is InChI=1S/C13H20N2O2/c1-3-11(14)9-15-13(16)12(17-2)10-7-5-4-6-8-10/h4-8,11-12H,3,9,14H2,1-2H3,(H,15,16). The van der Waals surface area contributed by atoms with Gasteiger partial charge < -0.3 is 15.8 Å². The zero-order valence-electron chi connectivity index (χ0n) is 10.3. The second-order valence-electron chi connectivity index (χ2n) is 3.94. The molecule has 0 saturated carbocycles. The molecule has 0 heterocycles. The Balaban J connectivity index is 2.59. The minimum absolute atomic E-state index is 0.00719. The van der Waals surface area contributed by atoms with Gasteiger partial charge in [-0.2, -0.15) is 0 Å². The number of nitrogens with two attached hydrogens (primary N) is 1. The van der Waals surface area contributed by atoms with Crippen LogP contribution in [0.1, 0.15) is 25.0 Å². The first-order valence-corrected chi connectivity index (χ1v) is 5.80. The third kappa shape index (κ3) is 4.17. The van der Waals surface area contributed by atoms with Crippen LogP contribution in [0, 0.1) is 0 Å². The van der Waals surface area contributed by atoms with Gasteiger partial charge in [-0.3, -0.25) is 4.79 Å². The summed E-state index contributed by atoms with van der Waals surface area (Å²) in [5, 5.41) is 2.79. The zero-order chi connectivity index (χ0) is 12.7. The quantitative estimate of drug-likeness (QED) is 0.780. The Morgan fingerprint density at radius 1 is 1.41 bits per heavy atom. The fourth-order valence-corrected chi connectivity index (χ4v) is 1.49. The predicted octanol–water partition coefficient (Wildman–Crippen LogP) is 1.23. The Morgan fingerprint density at radius 2 is 2.06 bits per heavy atom. The predicted molar refractivity (Wildman–Crippen MR) is 67.5 cm³/mol. The van der Waals surface area contributed by atoms with E-state index in [4.69, 9.17) is 10.5 Å². The van der Waals surface area contributed by atoms with Crippen molar-refractivity contribution in [3.8, 4) is 0 Å². The molecule has 4 nitrogen and oxygen atoms in total. The number of amides is 1. The fraction of sp³-hybridized carbons (Fsp3) is 0.462. The Hall–Kier alpha value is -1.39. The van der Waals surface area contributed by atoms with Gasteiger partial charge in [0.1, 0.15) is 0 Å². The van der Waals surface area contributed by atoms with Crippen LogP contribution in [0.3, 0.4) is 0 Å². The highest BCUT2D eigenvalue weighted by molar-refractivity contribution is 5.82. The summed E-state index contributed by atoms with van der Waals surface area (Å²) in [4.78, 5) is 11.9. The smallest absolute Gasteiger partial charge is 0.253 e. The molecule has 1 amide bonds. The monoisotopic (exact) mass is 236 g/mol. The van der Waals surface area contributed by atoms with Crippen LogP contribution in [-0.2, 0) is 9.53 Å². The number of carbonyl (C=O) groups is 1. The molecule has 0 aliphatic rings. The van der Waals surface area contributed by atoms with E-state index in [9.17, 15) is 4.79 Å². The highest BCUT2D eigenvalue weighted by atomic mass is 16.5. The lowest BCUT2D eigenvalue weighted by Gasteiger charge is -2.17. The van der Waals surface area contributed by atoms with Gasteiger partial charge in [0.25, 0.3) is 5.91 Å². The fourth-order valence-electron chi connectivity index (χ4n) is 1.49. The van der Waals surface area contributed by atoms with Gasteiger partial charge in [0.05, 0.1) is 0 Å². The number of rotatable bonds is 6. The summed E-state index contributed by atoms with van der Waals surface area (Å²) in [6.45, 7) is 2.46. The molecule has 3 N–H and O–H groups in total. The van der Waals surface area contributed by atoms with E-state index in [2.05, 4.69) is 5.32 Å². The highest BCUT2D eigenvalue weighted by Gasteiger charge is 2.19. The van der Waals surface area contributed by atoms with Crippen LogP contribution in [0.5, 0.6) is 0 Å². The number of hydrogen-bond donors (Lipinski definition) is 2. The molecule has 1 aromatic carbocycles. The van der Waals surface area contributed by atoms with Crippen LogP contribution in [-0.4, -0.2) is 25.6 Å². The number of ether oxygens (including phenoxy) is 1. The topological polar surface area (TPSA) is 64.3 Å². The second-order valence-corrected chi connectivity index (χ2v) is 3.94. The Morgan fingerprint density at radius 3 is 2.59 bits per heavy atom. The number of hydrogen-bond acceptors (Lipinski definition) is 3. The molecule has 0 radical (unpaired) electrons. The van der Waals surface area contributed by atoms with Crippen LogP contribution in [0.2, 0.25) is 0 Å². The minimum atomic E-state index is -0.569. The van der Waals surface area contributed by atoms with E-state index in [0.29, 0.717) is 6.54 Å². The van der Waals surface area contributed by atoms with Gasteiger partial charge in [0.2, 0.25) is 0 Å². The molecule has 0 aliphatic heterocycles. The molecule has 0 aliphatic carbocycles. The first kappa shape index (κ1) is 13.7. The molecule has 2 unspecified atom stereocenters. The summed E-state index contributed by atoms with van der Waals surface area (Å²) < 4.78 is 5.21. The van der Waals surface area contributed by atoms with Crippen molar-refractivity contribution in [2.75, 3.05) is 13.7 Å². The van der Waals surface area contributed by atoms with Crippen molar-refractivity contribution in [1.29, 1.82) is 0 Å². The highest BCUT2D eigenvalue weighted by Crippen LogP contribution is 2.15. The molecule has 1 aromatic rings. The van der Waals surface area contributed by atoms with E-state index in [0.717, 1.165) is 12.0 Å². The zero-order valence-corrected chi connectivity index (χ0v) is 10.3. The second kappa shape index (κ2) is 7.04. The largest absolute Gasteiger partial charge is 0.367 e. The van der Waals surface area contributed by atoms with Crippen molar-refractivity contribution in [3.63, 3.8) is 0 Å². The number of carbonyl (C=O) groups excluding carboxylic acids is 1. The lowest BCUT2D eigenvalue weighted by Crippen LogP contribution is -2.39. The summed E-state index contributed by atoms with van der Waals surface area (Å²) in [6, 6.07) is 9.40. The number of nitrogens with one attached hydrogen (secondary N) is 1. The SMILES string of the molecule is CCC(N)CNC(=O)C(OC)c1ccccc1. The van der Waals surface area contributed by atoms with Gasteiger partial charge in [-0.05, 0) is 12.0 Å². The van der Waals surface area contributed by atoms with Crippen molar-refractivity contribution in [1.82, 2.24) is 5.32 Å². The van der Waals surface area contributed by atoms with E-state index in [1.165, 1.54) is 7.11 Å². The third-order valence-corrected chi connectivity index (χ3v) is 2.64. The van der Waals surface area contributed by atoms with Crippen molar-refractivity contribution < 1.29 is 9.53 Å². The Labute approximate surface area is 102 Å². The molecular formula is C13H20N2O2. The molecule has 0 aromatic heterocycles. The van der Waals surface area contributed by atoms with Crippen LogP contribution in [0.15, 0.2) is 30.3 Å². The summed E-state index contributed by atoms with van der Waals surface area (Å²) in [5.41, 5.74) is 6.59. The maximum absolute atomic E-state index is 11.9. The normalized spacial score (nSPS) is 14.1. The van der Waals surface area contributed by atoms with E-state index in [1.807, 2.05) is 37.3 Å². The maximum atomic E-state index is 11.9. The van der Waals surface area contributed by atoms with Gasteiger partial charge in [-0.15, -0.1) is 0 Å². The minimum Gasteiger partial charge on any atom is -0.367 e. The van der Waals surface area contributed by atoms with E-state index in [-0.39, 0.29) is 11.9 Å². The van der Waals surface area contributed by atoms with E-state index < -0.39 is 6.10 Å². The average Bonchev–Trinajstić information content (AvgIpc) is 2.38. The molecule has 0 fully saturated rings. The van der Waals surface area contributed by atoms with Crippen LogP contribution >= 0.6 is 0 Å². The number of benzene rings is 1. The van der Waals surface area contributed by atoms with Crippen LogP contribution in [0.4, 0.5) is 0 Å². The first-order chi connectivity index (χ1) is 8.19. The molecular weight excluding hydrogens is 216 g/mol.